The molecule has 0 aliphatic heterocycles. The molecule has 0 amide bonds. The molecule has 0 N–H and O–H groups in total. The Balaban J connectivity index is 1.91. The first-order valence-electron chi connectivity index (χ1n) is 8.29. The fraction of sp³-hybridized carbons (Fsp3) is 0.238. The third-order valence-corrected chi connectivity index (χ3v) is 3.68. The average Bonchev–Trinajstić information content (AvgIpc) is 2.65. The largest absolute Gasteiger partial charge is 0.497 e. The van der Waals surface area contributed by atoms with E-state index in [9.17, 15) is 9.59 Å². The van der Waals surface area contributed by atoms with Gasteiger partial charge in [0.05, 0.1) is 7.11 Å². The van der Waals surface area contributed by atoms with Gasteiger partial charge in [-0.2, -0.15) is 0 Å². The zero-order chi connectivity index (χ0) is 18.1. The highest BCUT2D eigenvalue weighted by atomic mass is 16.5. The summed E-state index contributed by atoms with van der Waals surface area (Å²) in [5, 5.41) is 0. The quantitative estimate of drug-likeness (QED) is 0.303. The predicted molar refractivity (Wildman–Crippen MR) is 98.0 cm³/mol. The van der Waals surface area contributed by atoms with Gasteiger partial charge in [-0.05, 0) is 54.5 Å². The van der Waals surface area contributed by atoms with E-state index in [0.29, 0.717) is 17.7 Å². The number of ether oxygens (including phenoxy) is 2. The van der Waals surface area contributed by atoms with Gasteiger partial charge in [0.1, 0.15) is 11.5 Å². The Kier molecular flexibility index (Phi) is 6.96. The molecule has 4 heteroatoms. The number of carbonyl (C=O) groups is 2. The van der Waals surface area contributed by atoms with Gasteiger partial charge >= 0.3 is 5.97 Å². The zero-order valence-electron chi connectivity index (χ0n) is 14.5. The predicted octanol–water partition coefficient (Wildman–Crippen LogP) is 4.69. The van der Waals surface area contributed by atoms with Crippen LogP contribution in [-0.2, 0) is 4.79 Å². The average molecular weight is 338 g/mol. The SMILES string of the molecule is CCCCC(=O)c1ccc(OC(=O)/C=C\c2ccc(OC)cc2)cc1. The molecule has 0 aliphatic carbocycles. The van der Waals surface area contributed by atoms with Crippen LogP contribution in [0.15, 0.2) is 54.6 Å². The van der Waals surface area contributed by atoms with E-state index in [4.69, 9.17) is 9.47 Å². The van der Waals surface area contributed by atoms with Crippen LogP contribution in [-0.4, -0.2) is 18.9 Å². The second-order valence-corrected chi connectivity index (χ2v) is 5.58. The van der Waals surface area contributed by atoms with Crippen molar-refractivity contribution in [3.63, 3.8) is 0 Å². The minimum atomic E-state index is -0.471. The standard InChI is InChI=1S/C21H22O4/c1-3-4-5-20(22)17-9-13-19(14-10-17)25-21(23)15-8-16-6-11-18(24-2)12-7-16/h6-15H,3-5H2,1-2H3/b15-8-. The van der Waals surface area contributed by atoms with Gasteiger partial charge in [0.25, 0.3) is 0 Å². The smallest absolute Gasteiger partial charge is 0.336 e. The molecule has 0 fully saturated rings. The van der Waals surface area contributed by atoms with Crippen LogP contribution < -0.4 is 9.47 Å². The molecule has 2 aromatic rings. The van der Waals surface area contributed by atoms with Gasteiger partial charge < -0.3 is 9.47 Å². The van der Waals surface area contributed by atoms with E-state index >= 15 is 0 Å². The van der Waals surface area contributed by atoms with Crippen LogP contribution in [0.1, 0.15) is 42.1 Å². The highest BCUT2D eigenvalue weighted by Crippen LogP contribution is 2.16. The summed E-state index contributed by atoms with van der Waals surface area (Å²) >= 11 is 0. The van der Waals surface area contributed by atoms with Gasteiger partial charge in [-0.1, -0.05) is 25.5 Å². The number of ketones is 1. The van der Waals surface area contributed by atoms with Gasteiger partial charge in [0, 0.05) is 18.1 Å². The van der Waals surface area contributed by atoms with E-state index in [2.05, 4.69) is 6.92 Å². The monoisotopic (exact) mass is 338 g/mol. The van der Waals surface area contributed by atoms with Crippen molar-refractivity contribution in [3.05, 3.63) is 65.7 Å². The van der Waals surface area contributed by atoms with Crippen molar-refractivity contribution in [2.24, 2.45) is 0 Å². The number of unbranched alkanes of at least 4 members (excludes halogenated alkanes) is 1. The number of esters is 1. The van der Waals surface area contributed by atoms with Crippen molar-refractivity contribution in [2.45, 2.75) is 26.2 Å². The lowest BCUT2D eigenvalue weighted by atomic mass is 10.1. The fourth-order valence-corrected chi connectivity index (χ4v) is 2.22. The maximum atomic E-state index is 11.9. The molecule has 25 heavy (non-hydrogen) atoms. The summed E-state index contributed by atoms with van der Waals surface area (Å²) in [5.41, 5.74) is 1.51. The Labute approximate surface area is 148 Å². The van der Waals surface area contributed by atoms with Gasteiger partial charge in [0.15, 0.2) is 5.78 Å². The molecule has 0 saturated carbocycles. The molecule has 0 unspecified atom stereocenters. The van der Waals surface area contributed by atoms with Crippen molar-refractivity contribution < 1.29 is 19.1 Å². The Bertz CT molecular complexity index is 727. The van der Waals surface area contributed by atoms with Crippen LogP contribution in [0.5, 0.6) is 11.5 Å². The van der Waals surface area contributed by atoms with Crippen LogP contribution in [0.4, 0.5) is 0 Å². The second-order valence-electron chi connectivity index (χ2n) is 5.58. The van der Waals surface area contributed by atoms with Crippen LogP contribution in [0.2, 0.25) is 0 Å². The fourth-order valence-electron chi connectivity index (χ4n) is 2.22. The van der Waals surface area contributed by atoms with E-state index in [0.717, 1.165) is 24.2 Å². The van der Waals surface area contributed by atoms with Crippen LogP contribution >= 0.6 is 0 Å². The molecule has 0 spiro atoms. The third kappa shape index (κ3) is 5.92. The highest BCUT2D eigenvalue weighted by molar-refractivity contribution is 5.96. The van der Waals surface area contributed by atoms with Crippen molar-refractivity contribution in [2.75, 3.05) is 7.11 Å². The molecule has 0 atom stereocenters. The number of hydrogen-bond donors (Lipinski definition) is 0. The number of hydrogen-bond acceptors (Lipinski definition) is 4. The van der Waals surface area contributed by atoms with Crippen molar-refractivity contribution >= 4 is 17.8 Å². The van der Waals surface area contributed by atoms with E-state index in [1.165, 1.54) is 6.08 Å². The van der Waals surface area contributed by atoms with E-state index in [1.807, 2.05) is 24.3 Å². The van der Waals surface area contributed by atoms with Crippen LogP contribution in [0, 0.1) is 0 Å². The summed E-state index contributed by atoms with van der Waals surface area (Å²) in [5.74, 6) is 0.810. The molecular weight excluding hydrogens is 316 g/mol. The van der Waals surface area contributed by atoms with Gasteiger partial charge in [-0.25, -0.2) is 4.79 Å². The maximum Gasteiger partial charge on any atom is 0.336 e. The Morgan fingerprint density at radius 2 is 1.60 bits per heavy atom. The Morgan fingerprint density at radius 3 is 2.20 bits per heavy atom. The van der Waals surface area contributed by atoms with Gasteiger partial charge in [0.2, 0.25) is 0 Å². The van der Waals surface area contributed by atoms with E-state index in [1.54, 1.807) is 37.5 Å². The number of benzene rings is 2. The van der Waals surface area contributed by atoms with Crippen LogP contribution in [0.25, 0.3) is 6.08 Å². The van der Waals surface area contributed by atoms with Gasteiger partial charge in [-0.15, -0.1) is 0 Å². The Morgan fingerprint density at radius 1 is 0.960 bits per heavy atom. The molecule has 0 aliphatic rings. The lowest BCUT2D eigenvalue weighted by Gasteiger charge is -2.04. The molecule has 4 nitrogen and oxygen atoms in total. The minimum Gasteiger partial charge on any atom is -0.497 e. The summed E-state index contributed by atoms with van der Waals surface area (Å²) in [6.45, 7) is 2.05. The maximum absolute atomic E-state index is 11.9. The second kappa shape index (κ2) is 9.42. The molecular formula is C21H22O4. The van der Waals surface area contributed by atoms with E-state index in [-0.39, 0.29) is 5.78 Å². The molecule has 130 valence electrons. The normalized spacial score (nSPS) is 10.6. The van der Waals surface area contributed by atoms with Crippen LogP contribution in [0.3, 0.4) is 0 Å². The first-order valence-corrected chi connectivity index (χ1v) is 8.29. The lowest BCUT2D eigenvalue weighted by molar-refractivity contribution is -0.128. The van der Waals surface area contributed by atoms with Crippen molar-refractivity contribution in [1.82, 2.24) is 0 Å². The molecule has 2 aromatic carbocycles. The number of Topliss-reactive ketones (excluding diaryl/α,β-unsaturated/α-hetero) is 1. The molecule has 0 heterocycles. The topological polar surface area (TPSA) is 52.6 Å². The summed E-state index contributed by atoms with van der Waals surface area (Å²) in [4.78, 5) is 23.8. The summed E-state index contributed by atoms with van der Waals surface area (Å²) in [6.07, 6.45) is 5.44. The van der Waals surface area contributed by atoms with Gasteiger partial charge in [-0.3, -0.25) is 4.79 Å². The van der Waals surface area contributed by atoms with Crippen molar-refractivity contribution in [3.8, 4) is 11.5 Å². The Hall–Kier alpha value is -2.88. The number of methoxy groups -OCH3 is 1. The molecule has 0 bridgehead atoms. The number of carbonyl (C=O) groups excluding carboxylic acids is 2. The summed E-state index contributed by atoms with van der Waals surface area (Å²) in [7, 11) is 1.60. The lowest BCUT2D eigenvalue weighted by Crippen LogP contribution is -2.04. The van der Waals surface area contributed by atoms with Crippen molar-refractivity contribution in [1.29, 1.82) is 0 Å². The highest BCUT2D eigenvalue weighted by Gasteiger charge is 2.06. The number of rotatable bonds is 8. The zero-order valence-corrected chi connectivity index (χ0v) is 14.5. The van der Waals surface area contributed by atoms with E-state index < -0.39 is 5.97 Å². The summed E-state index contributed by atoms with van der Waals surface area (Å²) < 4.78 is 10.3. The first-order chi connectivity index (χ1) is 12.1. The molecule has 0 saturated heterocycles. The minimum absolute atomic E-state index is 0.110. The molecule has 0 radical (unpaired) electrons. The summed E-state index contributed by atoms with van der Waals surface area (Å²) in [6, 6.07) is 14.0. The third-order valence-electron chi connectivity index (χ3n) is 3.68. The molecule has 0 aromatic heterocycles. The first kappa shape index (κ1) is 18.5. The molecule has 2 rings (SSSR count).